The van der Waals surface area contributed by atoms with Crippen molar-refractivity contribution >= 4 is 41.7 Å². The molecule has 1 aliphatic rings. The van der Waals surface area contributed by atoms with E-state index in [1.54, 1.807) is 0 Å². The molecular formula is C17H37IN4S. The van der Waals surface area contributed by atoms with Crippen molar-refractivity contribution in [2.24, 2.45) is 4.99 Å². The summed E-state index contributed by atoms with van der Waals surface area (Å²) in [4.78, 5) is 7.18. The van der Waals surface area contributed by atoms with E-state index in [1.165, 1.54) is 50.7 Å². The first-order valence-electron chi connectivity index (χ1n) is 8.99. The number of hydrogen-bond donors (Lipinski definition) is 2. The fourth-order valence-corrected chi connectivity index (χ4v) is 3.44. The van der Waals surface area contributed by atoms with Gasteiger partial charge in [0.1, 0.15) is 0 Å². The number of halogens is 1. The molecule has 0 bridgehead atoms. The molecular weight excluding hydrogens is 419 g/mol. The molecule has 1 rings (SSSR count). The van der Waals surface area contributed by atoms with Gasteiger partial charge in [-0.15, -0.1) is 24.0 Å². The minimum Gasteiger partial charge on any atom is -0.357 e. The molecule has 6 heteroatoms. The summed E-state index contributed by atoms with van der Waals surface area (Å²) in [7, 11) is 2.27. The Morgan fingerprint density at radius 1 is 1.17 bits per heavy atom. The number of rotatable bonds is 10. The van der Waals surface area contributed by atoms with E-state index in [0.717, 1.165) is 38.2 Å². The fourth-order valence-electron chi connectivity index (χ4n) is 2.95. The van der Waals surface area contributed by atoms with Gasteiger partial charge >= 0.3 is 0 Å². The number of guanidine groups is 1. The smallest absolute Gasteiger partial charge is 0.191 e. The van der Waals surface area contributed by atoms with Crippen molar-refractivity contribution in [1.82, 2.24) is 15.5 Å². The van der Waals surface area contributed by atoms with Crippen LogP contribution in [-0.4, -0.2) is 62.1 Å². The van der Waals surface area contributed by atoms with Gasteiger partial charge in [-0.2, -0.15) is 11.8 Å². The van der Waals surface area contributed by atoms with Gasteiger partial charge in [-0.1, -0.05) is 19.3 Å². The van der Waals surface area contributed by atoms with Crippen molar-refractivity contribution in [3.63, 3.8) is 0 Å². The molecule has 23 heavy (non-hydrogen) atoms. The zero-order valence-corrected chi connectivity index (χ0v) is 18.4. The van der Waals surface area contributed by atoms with Gasteiger partial charge in [0.25, 0.3) is 0 Å². The Hall–Kier alpha value is 0.310. The largest absolute Gasteiger partial charge is 0.357 e. The maximum atomic E-state index is 4.66. The molecule has 0 aromatic rings. The van der Waals surface area contributed by atoms with Crippen LogP contribution in [0.2, 0.25) is 0 Å². The van der Waals surface area contributed by atoms with Gasteiger partial charge in [-0.3, -0.25) is 4.99 Å². The lowest BCUT2D eigenvalue weighted by Gasteiger charge is -2.31. The number of nitrogens with zero attached hydrogens (tertiary/aromatic N) is 2. The van der Waals surface area contributed by atoms with Crippen LogP contribution in [0, 0.1) is 0 Å². The molecule has 1 aliphatic carbocycles. The zero-order chi connectivity index (χ0) is 16.0. The lowest BCUT2D eigenvalue weighted by molar-refractivity contribution is 0.194. The third kappa shape index (κ3) is 11.5. The number of aliphatic imine (C=N–C) groups is 1. The van der Waals surface area contributed by atoms with Crippen molar-refractivity contribution < 1.29 is 0 Å². The van der Waals surface area contributed by atoms with E-state index in [1.807, 2.05) is 11.8 Å². The normalized spacial score (nSPS) is 16.3. The summed E-state index contributed by atoms with van der Waals surface area (Å²) in [5, 5.41) is 6.82. The summed E-state index contributed by atoms with van der Waals surface area (Å²) in [6, 6.07) is 0.793. The van der Waals surface area contributed by atoms with Gasteiger partial charge in [-0.05, 0) is 51.7 Å². The second-order valence-electron chi connectivity index (χ2n) is 6.16. The maximum Gasteiger partial charge on any atom is 0.191 e. The summed E-state index contributed by atoms with van der Waals surface area (Å²) >= 11 is 1.92. The molecule has 0 aliphatic heterocycles. The highest BCUT2D eigenvalue weighted by Gasteiger charge is 2.17. The molecule has 1 fully saturated rings. The SMILES string of the molecule is CCNC(=NCCCCSC)NCCN(C)C1CCCCC1.I. The number of likely N-dealkylation sites (N-methyl/N-ethyl adjacent to an activating group) is 1. The second kappa shape index (κ2) is 15.8. The summed E-state index contributed by atoms with van der Waals surface area (Å²) in [5.41, 5.74) is 0. The molecule has 0 radical (unpaired) electrons. The first kappa shape index (κ1) is 23.3. The first-order chi connectivity index (χ1) is 10.8. The van der Waals surface area contributed by atoms with Crippen LogP contribution in [0.3, 0.4) is 0 Å². The van der Waals surface area contributed by atoms with Crippen LogP contribution in [-0.2, 0) is 0 Å². The summed E-state index contributed by atoms with van der Waals surface area (Å²) in [6.45, 7) is 6.05. The van der Waals surface area contributed by atoms with E-state index >= 15 is 0 Å². The monoisotopic (exact) mass is 456 g/mol. The van der Waals surface area contributed by atoms with Crippen molar-refractivity contribution in [2.45, 2.75) is 57.9 Å². The van der Waals surface area contributed by atoms with Crippen LogP contribution < -0.4 is 10.6 Å². The number of unbranched alkanes of at least 4 members (excludes halogenated alkanes) is 1. The maximum absolute atomic E-state index is 4.66. The Balaban J connectivity index is 0.00000484. The molecule has 0 atom stereocenters. The number of nitrogens with one attached hydrogen (secondary N) is 2. The van der Waals surface area contributed by atoms with Gasteiger partial charge in [0.05, 0.1) is 0 Å². The van der Waals surface area contributed by atoms with Crippen molar-refractivity contribution in [1.29, 1.82) is 0 Å². The lowest BCUT2D eigenvalue weighted by Crippen LogP contribution is -2.43. The van der Waals surface area contributed by atoms with Crippen molar-refractivity contribution in [2.75, 3.05) is 45.2 Å². The van der Waals surface area contributed by atoms with Gasteiger partial charge < -0.3 is 15.5 Å². The van der Waals surface area contributed by atoms with Gasteiger partial charge in [0.15, 0.2) is 5.96 Å². The Morgan fingerprint density at radius 2 is 1.91 bits per heavy atom. The molecule has 0 heterocycles. The van der Waals surface area contributed by atoms with Crippen LogP contribution in [0.15, 0.2) is 4.99 Å². The molecule has 0 saturated heterocycles. The Bertz CT molecular complexity index is 296. The van der Waals surface area contributed by atoms with E-state index in [2.05, 4.69) is 40.8 Å². The van der Waals surface area contributed by atoms with Crippen LogP contribution in [0.25, 0.3) is 0 Å². The summed E-state index contributed by atoms with van der Waals surface area (Å²) < 4.78 is 0. The van der Waals surface area contributed by atoms with Crippen molar-refractivity contribution in [3.8, 4) is 0 Å². The van der Waals surface area contributed by atoms with Crippen molar-refractivity contribution in [3.05, 3.63) is 0 Å². The van der Waals surface area contributed by atoms with Crippen LogP contribution >= 0.6 is 35.7 Å². The third-order valence-corrected chi connectivity index (χ3v) is 5.02. The van der Waals surface area contributed by atoms with E-state index in [0.29, 0.717) is 0 Å². The molecule has 0 aromatic heterocycles. The third-order valence-electron chi connectivity index (χ3n) is 4.33. The Kier molecular flexibility index (Phi) is 16.0. The van der Waals surface area contributed by atoms with E-state index in [9.17, 15) is 0 Å². The topological polar surface area (TPSA) is 39.7 Å². The summed E-state index contributed by atoms with van der Waals surface area (Å²) in [5.74, 6) is 2.22. The zero-order valence-electron chi connectivity index (χ0n) is 15.3. The molecule has 1 saturated carbocycles. The Morgan fingerprint density at radius 3 is 2.57 bits per heavy atom. The van der Waals surface area contributed by atoms with Gasteiger partial charge in [-0.25, -0.2) is 0 Å². The van der Waals surface area contributed by atoms with Crippen LogP contribution in [0.1, 0.15) is 51.9 Å². The minimum atomic E-state index is 0. The average Bonchev–Trinajstić information content (AvgIpc) is 2.55. The van der Waals surface area contributed by atoms with Gasteiger partial charge in [0.2, 0.25) is 0 Å². The molecule has 4 nitrogen and oxygen atoms in total. The molecule has 0 amide bonds. The lowest BCUT2D eigenvalue weighted by atomic mass is 9.94. The number of hydrogen-bond acceptors (Lipinski definition) is 3. The van der Waals surface area contributed by atoms with E-state index in [-0.39, 0.29) is 24.0 Å². The minimum absolute atomic E-state index is 0. The predicted octanol–water partition coefficient (Wildman–Crippen LogP) is 3.57. The standard InChI is InChI=1S/C17H36N4S.HI/c1-4-18-17(19-12-8-9-15-22-3)20-13-14-21(2)16-10-6-5-7-11-16;/h16H,4-15H2,1-3H3,(H2,18,19,20);1H. The first-order valence-corrected chi connectivity index (χ1v) is 10.4. The molecule has 138 valence electrons. The quantitative estimate of drug-likeness (QED) is 0.228. The van der Waals surface area contributed by atoms with E-state index < -0.39 is 0 Å². The second-order valence-corrected chi connectivity index (χ2v) is 7.15. The highest BCUT2D eigenvalue weighted by molar-refractivity contribution is 14.0. The van der Waals surface area contributed by atoms with Crippen LogP contribution in [0.4, 0.5) is 0 Å². The summed E-state index contributed by atoms with van der Waals surface area (Å²) in [6.07, 6.45) is 11.6. The van der Waals surface area contributed by atoms with E-state index in [4.69, 9.17) is 0 Å². The highest BCUT2D eigenvalue weighted by Crippen LogP contribution is 2.21. The Labute approximate surface area is 165 Å². The average molecular weight is 456 g/mol. The molecule has 0 aromatic carbocycles. The molecule has 0 unspecified atom stereocenters. The fraction of sp³-hybridized carbons (Fsp3) is 0.941. The number of thioether (sulfide) groups is 1. The van der Waals surface area contributed by atoms with Crippen LogP contribution in [0.5, 0.6) is 0 Å². The predicted molar refractivity (Wildman–Crippen MR) is 117 cm³/mol. The molecule has 0 spiro atoms. The highest BCUT2D eigenvalue weighted by atomic mass is 127. The van der Waals surface area contributed by atoms with Gasteiger partial charge in [0, 0.05) is 32.2 Å². The molecule has 2 N–H and O–H groups in total.